The van der Waals surface area contributed by atoms with Crippen LogP contribution in [0.1, 0.15) is 60.2 Å². The predicted molar refractivity (Wildman–Crippen MR) is 105 cm³/mol. The van der Waals surface area contributed by atoms with Gasteiger partial charge in [0.15, 0.2) is 12.1 Å². The molecular weight excluding hydrogens is 415 g/mol. The number of benzene rings is 1. The van der Waals surface area contributed by atoms with Crippen molar-refractivity contribution in [1.29, 1.82) is 0 Å². The first-order valence-electron chi connectivity index (χ1n) is 9.65. The van der Waals surface area contributed by atoms with Crippen molar-refractivity contribution >= 4 is 22.8 Å². The average Bonchev–Trinajstić information content (AvgIpc) is 3.34. The first-order chi connectivity index (χ1) is 14.6. The maximum Gasteiger partial charge on any atom is 0.389 e. The van der Waals surface area contributed by atoms with E-state index in [9.17, 15) is 22.8 Å². The van der Waals surface area contributed by atoms with Crippen molar-refractivity contribution in [2.24, 2.45) is 0 Å². The lowest BCUT2D eigenvalue weighted by Gasteiger charge is -2.07. The van der Waals surface area contributed by atoms with Gasteiger partial charge < -0.3 is 20.0 Å². The Hall–Kier alpha value is -3.37. The van der Waals surface area contributed by atoms with Crippen LogP contribution in [-0.2, 0) is 17.9 Å². The van der Waals surface area contributed by atoms with E-state index in [-0.39, 0.29) is 30.6 Å². The largest absolute Gasteiger partial charge is 0.447 e. The number of carbonyl (C=O) groups excluding carboxylic acids is 2. The summed E-state index contributed by atoms with van der Waals surface area (Å²) in [6.07, 6.45) is -4.89. The summed E-state index contributed by atoms with van der Waals surface area (Å²) in [5.41, 5.74) is 2.27. The number of nitrogens with zero attached hydrogens (tertiary/aromatic N) is 2. The molecule has 0 unspecified atom stereocenters. The van der Waals surface area contributed by atoms with Crippen LogP contribution in [-0.4, -0.2) is 32.9 Å². The number of H-pyrrole nitrogens is 1. The molecule has 2 heterocycles. The minimum absolute atomic E-state index is 0.0156. The summed E-state index contributed by atoms with van der Waals surface area (Å²) >= 11 is 0. The lowest BCUT2D eigenvalue weighted by atomic mass is 10.1. The number of fused-ring (bicyclic) bond motifs is 1. The van der Waals surface area contributed by atoms with Crippen LogP contribution >= 0.6 is 0 Å². The number of carbonyl (C=O) groups is 2. The van der Waals surface area contributed by atoms with E-state index in [4.69, 9.17) is 4.42 Å². The molecule has 0 spiro atoms. The summed E-state index contributed by atoms with van der Waals surface area (Å²) in [5.74, 6) is -0.00520. The quantitative estimate of drug-likeness (QED) is 0.499. The number of oxazole rings is 1. The Morgan fingerprint density at radius 1 is 1.19 bits per heavy atom. The molecule has 1 aromatic carbocycles. The first-order valence-corrected chi connectivity index (χ1v) is 9.65. The van der Waals surface area contributed by atoms with Crippen molar-refractivity contribution in [3.63, 3.8) is 0 Å². The predicted octanol–water partition coefficient (Wildman–Crippen LogP) is 3.56. The lowest BCUT2D eigenvalue weighted by molar-refractivity contribution is -0.144. The van der Waals surface area contributed by atoms with Crippen LogP contribution in [0.15, 0.2) is 29.0 Å². The fraction of sp³-hybridized carbons (Fsp3) is 0.400. The van der Waals surface area contributed by atoms with Crippen molar-refractivity contribution in [2.75, 3.05) is 0 Å². The molecule has 0 aliphatic heterocycles. The molecule has 0 atom stereocenters. The Kier molecular flexibility index (Phi) is 6.62. The third-order valence-corrected chi connectivity index (χ3v) is 4.47. The van der Waals surface area contributed by atoms with Gasteiger partial charge in [-0.05, 0) is 17.7 Å². The molecule has 8 nitrogen and oxygen atoms in total. The van der Waals surface area contributed by atoms with Crippen LogP contribution in [0.2, 0.25) is 0 Å². The SMILES string of the molecule is CC(C)c1ocnc1C(=O)NCc1nc2ccc(CNC(=O)CCC(F)(F)F)cc2[nH]1. The Morgan fingerprint density at radius 2 is 1.97 bits per heavy atom. The molecule has 31 heavy (non-hydrogen) atoms. The summed E-state index contributed by atoms with van der Waals surface area (Å²) < 4.78 is 41.8. The van der Waals surface area contributed by atoms with Gasteiger partial charge in [0.25, 0.3) is 5.91 Å². The normalized spacial score (nSPS) is 11.8. The van der Waals surface area contributed by atoms with E-state index in [0.717, 1.165) is 0 Å². The average molecular weight is 437 g/mol. The van der Waals surface area contributed by atoms with Crippen molar-refractivity contribution in [1.82, 2.24) is 25.6 Å². The zero-order chi connectivity index (χ0) is 22.6. The molecule has 0 saturated heterocycles. The van der Waals surface area contributed by atoms with E-state index in [2.05, 4.69) is 25.6 Å². The van der Waals surface area contributed by atoms with Crippen LogP contribution in [0, 0.1) is 0 Å². The fourth-order valence-corrected chi connectivity index (χ4v) is 2.93. The maximum absolute atomic E-state index is 12.4. The highest BCUT2D eigenvalue weighted by Gasteiger charge is 2.27. The van der Waals surface area contributed by atoms with E-state index in [1.807, 2.05) is 13.8 Å². The van der Waals surface area contributed by atoms with Gasteiger partial charge in [-0.1, -0.05) is 19.9 Å². The number of halogens is 3. The van der Waals surface area contributed by atoms with Crippen LogP contribution in [0.3, 0.4) is 0 Å². The topological polar surface area (TPSA) is 113 Å². The van der Waals surface area contributed by atoms with Crippen molar-refractivity contribution < 1.29 is 27.2 Å². The Labute approximate surface area is 175 Å². The summed E-state index contributed by atoms with van der Waals surface area (Å²) in [6, 6.07) is 5.19. The van der Waals surface area contributed by atoms with Crippen molar-refractivity contribution in [3.05, 3.63) is 47.4 Å². The van der Waals surface area contributed by atoms with Crippen molar-refractivity contribution in [2.45, 2.75) is 51.9 Å². The molecule has 0 bridgehead atoms. The van der Waals surface area contributed by atoms with Gasteiger partial charge in [0, 0.05) is 18.9 Å². The summed E-state index contributed by atoms with van der Waals surface area (Å²) in [6.45, 7) is 4.03. The number of hydrogen-bond acceptors (Lipinski definition) is 5. The zero-order valence-electron chi connectivity index (χ0n) is 17.0. The summed E-state index contributed by atoms with van der Waals surface area (Å²) in [5, 5.41) is 5.20. The highest BCUT2D eigenvalue weighted by Crippen LogP contribution is 2.21. The molecule has 0 aliphatic rings. The van der Waals surface area contributed by atoms with Crippen LogP contribution in [0.25, 0.3) is 11.0 Å². The molecular formula is C20H22F3N5O3. The van der Waals surface area contributed by atoms with Crippen LogP contribution in [0.4, 0.5) is 13.2 Å². The third-order valence-electron chi connectivity index (χ3n) is 4.47. The first kappa shape index (κ1) is 22.3. The smallest absolute Gasteiger partial charge is 0.389 e. The zero-order valence-corrected chi connectivity index (χ0v) is 17.0. The number of aromatic nitrogens is 3. The number of amides is 2. The van der Waals surface area contributed by atoms with E-state index >= 15 is 0 Å². The van der Waals surface area contributed by atoms with Crippen LogP contribution < -0.4 is 10.6 Å². The van der Waals surface area contributed by atoms with Crippen LogP contribution in [0.5, 0.6) is 0 Å². The van der Waals surface area contributed by atoms with Crippen molar-refractivity contribution in [3.8, 4) is 0 Å². The van der Waals surface area contributed by atoms with E-state index in [0.29, 0.717) is 28.2 Å². The molecule has 3 rings (SSSR count). The Bertz CT molecular complexity index is 1070. The maximum atomic E-state index is 12.4. The van der Waals surface area contributed by atoms with Gasteiger partial charge >= 0.3 is 6.18 Å². The highest BCUT2D eigenvalue weighted by molar-refractivity contribution is 5.93. The standard InChI is InChI=1S/C20H22F3N5O3/c1-11(2)18-17(26-10-31-18)19(30)25-9-15-27-13-4-3-12(7-14(13)28-15)8-24-16(29)5-6-20(21,22)23/h3-4,7,10-11H,5-6,8-9H2,1-2H3,(H,24,29)(H,25,30)(H,27,28). The highest BCUT2D eigenvalue weighted by atomic mass is 19.4. The second-order valence-corrected chi connectivity index (χ2v) is 7.33. The van der Waals surface area contributed by atoms with Gasteiger partial charge in [0.1, 0.15) is 11.6 Å². The molecule has 166 valence electrons. The van der Waals surface area contributed by atoms with E-state index in [1.165, 1.54) is 6.39 Å². The summed E-state index contributed by atoms with van der Waals surface area (Å²) in [7, 11) is 0. The molecule has 0 saturated carbocycles. The van der Waals surface area contributed by atoms with Gasteiger partial charge in [0.2, 0.25) is 5.91 Å². The molecule has 2 amide bonds. The molecule has 11 heteroatoms. The van der Waals surface area contributed by atoms with Gasteiger partial charge in [-0.15, -0.1) is 0 Å². The molecule has 3 aromatic rings. The fourth-order valence-electron chi connectivity index (χ4n) is 2.93. The molecule has 2 aromatic heterocycles. The minimum atomic E-state index is -4.36. The Balaban J connectivity index is 1.57. The Morgan fingerprint density at radius 3 is 2.68 bits per heavy atom. The second-order valence-electron chi connectivity index (χ2n) is 7.33. The summed E-state index contributed by atoms with van der Waals surface area (Å²) in [4.78, 5) is 35.3. The number of aromatic amines is 1. The monoisotopic (exact) mass is 437 g/mol. The second kappa shape index (κ2) is 9.19. The molecule has 0 fully saturated rings. The van der Waals surface area contributed by atoms with E-state index < -0.39 is 24.9 Å². The van der Waals surface area contributed by atoms with Gasteiger partial charge in [-0.3, -0.25) is 9.59 Å². The number of nitrogens with one attached hydrogen (secondary N) is 3. The van der Waals surface area contributed by atoms with Gasteiger partial charge in [-0.2, -0.15) is 13.2 Å². The van der Waals surface area contributed by atoms with Gasteiger partial charge in [0.05, 0.1) is 24.0 Å². The molecule has 0 radical (unpaired) electrons. The number of imidazole rings is 1. The third kappa shape index (κ3) is 6.06. The number of alkyl halides is 3. The minimum Gasteiger partial charge on any atom is -0.447 e. The van der Waals surface area contributed by atoms with E-state index in [1.54, 1.807) is 18.2 Å². The van der Waals surface area contributed by atoms with Gasteiger partial charge in [-0.25, -0.2) is 9.97 Å². The molecule has 3 N–H and O–H groups in total. The number of rotatable bonds is 8. The number of hydrogen-bond donors (Lipinski definition) is 3. The lowest BCUT2D eigenvalue weighted by Crippen LogP contribution is -2.25. The molecule has 0 aliphatic carbocycles.